The van der Waals surface area contributed by atoms with Crippen LogP contribution < -0.4 is 14.8 Å². The van der Waals surface area contributed by atoms with Crippen LogP contribution in [-0.4, -0.2) is 30.2 Å². The van der Waals surface area contributed by atoms with E-state index < -0.39 is 18.5 Å². The van der Waals surface area contributed by atoms with Gasteiger partial charge in [0.2, 0.25) is 0 Å². The molecule has 2 aromatic rings. The van der Waals surface area contributed by atoms with Gasteiger partial charge in [-0.3, -0.25) is 4.79 Å². The van der Waals surface area contributed by atoms with Gasteiger partial charge < -0.3 is 19.9 Å². The van der Waals surface area contributed by atoms with Gasteiger partial charge in [0.1, 0.15) is 23.1 Å². The Morgan fingerprint density at radius 2 is 1.90 bits per heavy atom. The molecular formula is C20H16I2N2O5. The fourth-order valence-electron chi connectivity index (χ4n) is 2.28. The predicted octanol–water partition coefficient (Wildman–Crippen LogP) is 4.30. The summed E-state index contributed by atoms with van der Waals surface area (Å²) in [5.74, 6) is -0.551. The lowest BCUT2D eigenvalue weighted by Crippen LogP contribution is -2.13. The van der Waals surface area contributed by atoms with Crippen molar-refractivity contribution in [3.05, 3.63) is 54.7 Å². The standard InChI is InChI=1S/C20H16I2N2O5/c1-2-28-15-5-3-4-14(9-15)24-20(27)13(10-23)6-12-7-16(21)19(17(22)8-12)29-11-18(25)26/h3-9H,2,11H2,1H3,(H,24,27)(H,25,26)/b13-6-. The molecule has 1 amide bonds. The number of carboxylic acid groups (broad SMARTS) is 1. The molecule has 0 atom stereocenters. The lowest BCUT2D eigenvalue weighted by atomic mass is 10.1. The Hall–Kier alpha value is -2.33. The first-order valence-corrected chi connectivity index (χ1v) is 10.5. The Morgan fingerprint density at radius 1 is 1.21 bits per heavy atom. The molecule has 0 aromatic heterocycles. The third-order valence-electron chi connectivity index (χ3n) is 3.44. The number of carboxylic acids is 1. The normalized spacial score (nSPS) is 10.8. The van der Waals surface area contributed by atoms with E-state index in [9.17, 15) is 14.9 Å². The summed E-state index contributed by atoms with van der Waals surface area (Å²) in [6.07, 6.45) is 1.47. The summed E-state index contributed by atoms with van der Waals surface area (Å²) in [4.78, 5) is 23.2. The van der Waals surface area contributed by atoms with Crippen LogP contribution in [0.5, 0.6) is 11.5 Å². The molecule has 2 aromatic carbocycles. The topological polar surface area (TPSA) is 109 Å². The molecule has 150 valence electrons. The zero-order valence-electron chi connectivity index (χ0n) is 15.2. The Bertz CT molecular complexity index is 976. The minimum Gasteiger partial charge on any atom is -0.494 e. The van der Waals surface area contributed by atoms with Crippen LogP contribution in [0.15, 0.2) is 42.0 Å². The number of carbonyl (C=O) groups is 2. The first-order valence-electron chi connectivity index (χ1n) is 8.33. The zero-order valence-corrected chi connectivity index (χ0v) is 19.6. The molecule has 0 aliphatic heterocycles. The highest BCUT2D eigenvalue weighted by Gasteiger charge is 2.13. The van der Waals surface area contributed by atoms with Crippen LogP contribution in [0.2, 0.25) is 0 Å². The maximum Gasteiger partial charge on any atom is 0.341 e. The Morgan fingerprint density at radius 3 is 2.48 bits per heavy atom. The number of nitriles is 1. The van der Waals surface area contributed by atoms with Gasteiger partial charge in [0.15, 0.2) is 6.61 Å². The second-order valence-electron chi connectivity index (χ2n) is 5.58. The minimum atomic E-state index is -1.07. The van der Waals surface area contributed by atoms with E-state index in [-0.39, 0.29) is 5.57 Å². The van der Waals surface area contributed by atoms with Gasteiger partial charge in [0, 0.05) is 11.8 Å². The Balaban J connectivity index is 2.22. The number of nitrogens with one attached hydrogen (secondary N) is 1. The quantitative estimate of drug-likeness (QED) is 0.260. The first-order chi connectivity index (χ1) is 13.8. The van der Waals surface area contributed by atoms with Crippen LogP contribution in [0.4, 0.5) is 5.69 Å². The highest BCUT2D eigenvalue weighted by molar-refractivity contribution is 14.1. The maximum absolute atomic E-state index is 12.5. The monoisotopic (exact) mass is 618 g/mol. The smallest absolute Gasteiger partial charge is 0.341 e. The molecular weight excluding hydrogens is 602 g/mol. The van der Waals surface area contributed by atoms with Crippen LogP contribution in [0.25, 0.3) is 6.08 Å². The van der Waals surface area contributed by atoms with Gasteiger partial charge in [0.25, 0.3) is 5.91 Å². The first kappa shape index (κ1) is 23.0. The van der Waals surface area contributed by atoms with E-state index in [1.165, 1.54) is 6.08 Å². The number of hydrogen-bond acceptors (Lipinski definition) is 5. The second kappa shape index (κ2) is 11.0. The number of hydrogen-bond donors (Lipinski definition) is 2. The molecule has 0 heterocycles. The van der Waals surface area contributed by atoms with Gasteiger partial charge in [-0.1, -0.05) is 6.07 Å². The molecule has 0 spiro atoms. The Labute approximate surface area is 195 Å². The molecule has 7 nitrogen and oxygen atoms in total. The molecule has 0 aliphatic carbocycles. The average molecular weight is 618 g/mol. The van der Waals surface area contributed by atoms with Gasteiger partial charge in [-0.15, -0.1) is 0 Å². The van der Waals surface area contributed by atoms with Crippen molar-refractivity contribution in [2.45, 2.75) is 6.92 Å². The average Bonchev–Trinajstić information content (AvgIpc) is 2.65. The predicted molar refractivity (Wildman–Crippen MR) is 125 cm³/mol. The number of anilines is 1. The third-order valence-corrected chi connectivity index (χ3v) is 5.04. The molecule has 0 bridgehead atoms. The van der Waals surface area contributed by atoms with Crippen molar-refractivity contribution in [3.8, 4) is 17.6 Å². The van der Waals surface area contributed by atoms with Crippen LogP contribution >= 0.6 is 45.2 Å². The summed E-state index contributed by atoms with van der Waals surface area (Å²) >= 11 is 4.03. The number of benzene rings is 2. The van der Waals surface area contributed by atoms with Crippen molar-refractivity contribution >= 4 is 68.8 Å². The Kier molecular flexibility index (Phi) is 8.71. The number of nitrogens with zero attached hydrogens (tertiary/aromatic N) is 1. The SMILES string of the molecule is CCOc1cccc(NC(=O)/C(C#N)=C\c2cc(I)c(OCC(=O)O)c(I)c2)c1. The molecule has 0 aliphatic rings. The molecule has 2 N–H and O–H groups in total. The van der Waals surface area contributed by atoms with Gasteiger partial charge in [-0.2, -0.15) is 5.26 Å². The minimum absolute atomic E-state index is 0.0717. The summed E-state index contributed by atoms with van der Waals surface area (Å²) in [6, 6.07) is 12.2. The molecule has 0 fully saturated rings. The number of carbonyl (C=O) groups excluding carboxylic acids is 1. The van der Waals surface area contributed by atoms with Gasteiger partial charge in [-0.25, -0.2) is 4.79 Å². The highest BCUT2D eigenvalue weighted by Crippen LogP contribution is 2.30. The van der Waals surface area contributed by atoms with Gasteiger partial charge in [0.05, 0.1) is 13.7 Å². The molecule has 0 unspecified atom stereocenters. The maximum atomic E-state index is 12.5. The van der Waals surface area contributed by atoms with Crippen molar-refractivity contribution in [1.29, 1.82) is 5.26 Å². The van der Waals surface area contributed by atoms with E-state index in [1.807, 2.05) is 58.2 Å². The number of aliphatic carboxylic acids is 1. The number of amides is 1. The van der Waals surface area contributed by atoms with Crippen molar-refractivity contribution < 1.29 is 24.2 Å². The summed E-state index contributed by atoms with van der Waals surface area (Å²) in [6.45, 7) is 1.92. The fraction of sp³-hybridized carbons (Fsp3) is 0.150. The molecule has 0 radical (unpaired) electrons. The van der Waals surface area contributed by atoms with Crippen molar-refractivity contribution in [2.75, 3.05) is 18.5 Å². The van der Waals surface area contributed by atoms with Crippen molar-refractivity contribution in [1.82, 2.24) is 0 Å². The molecule has 0 saturated carbocycles. The largest absolute Gasteiger partial charge is 0.494 e. The second-order valence-corrected chi connectivity index (χ2v) is 7.91. The van der Waals surface area contributed by atoms with E-state index >= 15 is 0 Å². The zero-order chi connectivity index (χ0) is 21.4. The van der Waals surface area contributed by atoms with Gasteiger partial charge >= 0.3 is 5.97 Å². The van der Waals surface area contributed by atoms with Crippen LogP contribution in [-0.2, 0) is 9.59 Å². The van der Waals surface area contributed by atoms with E-state index in [0.29, 0.717) is 36.5 Å². The van der Waals surface area contributed by atoms with E-state index in [2.05, 4.69) is 5.32 Å². The van der Waals surface area contributed by atoms with Crippen LogP contribution in [0.1, 0.15) is 12.5 Å². The molecule has 0 saturated heterocycles. The molecule has 9 heteroatoms. The number of ether oxygens (including phenoxy) is 2. The third kappa shape index (κ3) is 6.90. The fourth-order valence-corrected chi connectivity index (χ4v) is 4.41. The van der Waals surface area contributed by atoms with Crippen molar-refractivity contribution in [3.63, 3.8) is 0 Å². The van der Waals surface area contributed by atoms with E-state index in [0.717, 1.165) is 0 Å². The van der Waals surface area contributed by atoms with E-state index in [1.54, 1.807) is 36.4 Å². The van der Waals surface area contributed by atoms with Crippen molar-refractivity contribution in [2.24, 2.45) is 0 Å². The summed E-state index contributed by atoms with van der Waals surface area (Å²) in [7, 11) is 0. The molecule has 2 rings (SSSR count). The summed E-state index contributed by atoms with van der Waals surface area (Å²) in [5, 5.41) is 20.9. The summed E-state index contributed by atoms with van der Waals surface area (Å²) < 4.78 is 12.0. The lowest BCUT2D eigenvalue weighted by molar-refractivity contribution is -0.139. The highest BCUT2D eigenvalue weighted by atomic mass is 127. The summed E-state index contributed by atoms with van der Waals surface area (Å²) in [5.41, 5.74) is 1.07. The number of rotatable bonds is 8. The van der Waals surface area contributed by atoms with E-state index in [4.69, 9.17) is 14.6 Å². The molecule has 29 heavy (non-hydrogen) atoms. The van der Waals surface area contributed by atoms with Crippen LogP contribution in [0.3, 0.4) is 0 Å². The lowest BCUT2D eigenvalue weighted by Gasteiger charge is -2.10. The van der Waals surface area contributed by atoms with Crippen LogP contribution in [0, 0.1) is 18.5 Å². The number of halogens is 2. The van der Waals surface area contributed by atoms with Gasteiger partial charge in [-0.05, 0) is 88.0 Å².